The minimum Gasteiger partial charge on any atom is -0.384 e. The Labute approximate surface area is 104 Å². The number of nitrogens with one attached hydrogen (secondary N) is 1. The maximum absolute atomic E-state index is 12.6. The molecule has 0 saturated carbocycles. The number of aromatic nitrogens is 1. The van der Waals surface area contributed by atoms with Crippen LogP contribution in [0.2, 0.25) is 5.02 Å². The molecule has 100 valence electrons. The van der Waals surface area contributed by atoms with Gasteiger partial charge in [0.15, 0.2) is 0 Å². The zero-order valence-corrected chi connectivity index (χ0v) is 9.52. The lowest BCUT2D eigenvalue weighted by molar-refractivity contribution is -0.123. The number of rotatable bonds is 4. The van der Waals surface area contributed by atoms with E-state index in [1.165, 1.54) is 0 Å². The summed E-state index contributed by atoms with van der Waals surface area (Å²) in [7, 11) is 0. The molecule has 4 nitrogen and oxygen atoms in total. The summed E-state index contributed by atoms with van der Waals surface area (Å²) in [5.74, 6) is -5.39. The van der Waals surface area contributed by atoms with Gasteiger partial charge in [-0.05, 0) is 6.07 Å². The van der Waals surface area contributed by atoms with E-state index in [0.29, 0.717) is 0 Å². The molecule has 1 aromatic heterocycles. The molecule has 18 heavy (non-hydrogen) atoms. The van der Waals surface area contributed by atoms with Gasteiger partial charge in [-0.15, -0.1) is 0 Å². The van der Waals surface area contributed by atoms with E-state index in [2.05, 4.69) is 4.98 Å². The van der Waals surface area contributed by atoms with E-state index >= 15 is 0 Å². The molecule has 0 aliphatic carbocycles. The Morgan fingerprint density at radius 2 is 2.17 bits per heavy atom. The van der Waals surface area contributed by atoms with Gasteiger partial charge in [0.05, 0.1) is 17.1 Å². The quantitative estimate of drug-likeness (QED) is 0.831. The van der Waals surface area contributed by atoms with Gasteiger partial charge >= 0.3 is 12.3 Å². The first-order valence-corrected chi connectivity index (χ1v) is 4.97. The number of carbonyl (C=O) groups excluding carboxylic acids is 1. The Bertz CT molecular complexity index is 455. The van der Waals surface area contributed by atoms with E-state index in [9.17, 15) is 22.4 Å². The number of nitrogen functional groups attached to an aromatic ring is 1. The van der Waals surface area contributed by atoms with Gasteiger partial charge in [0.25, 0.3) is 5.91 Å². The molecule has 1 amide bonds. The van der Waals surface area contributed by atoms with E-state index in [0.717, 1.165) is 12.3 Å². The largest absolute Gasteiger partial charge is 0.384 e. The highest BCUT2D eigenvalue weighted by molar-refractivity contribution is 6.33. The van der Waals surface area contributed by atoms with Crippen LogP contribution >= 0.6 is 11.6 Å². The topological polar surface area (TPSA) is 68.0 Å². The summed E-state index contributed by atoms with van der Waals surface area (Å²) >= 11 is 5.59. The van der Waals surface area contributed by atoms with Crippen LogP contribution in [0.5, 0.6) is 0 Å². The number of hydrogen-bond acceptors (Lipinski definition) is 3. The zero-order valence-electron chi connectivity index (χ0n) is 8.76. The summed E-state index contributed by atoms with van der Waals surface area (Å²) in [5.41, 5.74) is 5.06. The molecule has 9 heteroatoms. The van der Waals surface area contributed by atoms with Gasteiger partial charge < -0.3 is 11.1 Å². The lowest BCUT2D eigenvalue weighted by atomic mass is 10.2. The molecule has 0 radical (unpaired) electrons. The molecular weight excluding hydrogens is 278 g/mol. The van der Waals surface area contributed by atoms with Gasteiger partial charge in [-0.2, -0.15) is 8.78 Å². The highest BCUT2D eigenvalue weighted by Crippen LogP contribution is 2.22. The number of halogens is 5. The van der Waals surface area contributed by atoms with Gasteiger partial charge in [0.1, 0.15) is 5.82 Å². The Morgan fingerprint density at radius 3 is 2.72 bits per heavy atom. The second-order valence-corrected chi connectivity index (χ2v) is 3.74. The summed E-state index contributed by atoms with van der Waals surface area (Å²) in [6.45, 7) is -1.50. The van der Waals surface area contributed by atoms with Crippen molar-refractivity contribution in [2.75, 3.05) is 12.3 Å². The molecule has 1 heterocycles. The SMILES string of the molecule is Nc1cc(C(=O)NCC(F)(F)C(F)F)c(Cl)cn1. The molecule has 0 fully saturated rings. The van der Waals surface area contributed by atoms with Crippen molar-refractivity contribution in [3.05, 3.63) is 22.8 Å². The smallest absolute Gasteiger partial charge is 0.324 e. The average molecular weight is 286 g/mol. The highest BCUT2D eigenvalue weighted by Gasteiger charge is 2.40. The molecule has 0 atom stereocenters. The van der Waals surface area contributed by atoms with Crippen molar-refractivity contribution in [3.63, 3.8) is 0 Å². The first kappa shape index (κ1) is 14.5. The van der Waals surface area contributed by atoms with E-state index in [1.54, 1.807) is 5.32 Å². The fourth-order valence-corrected chi connectivity index (χ4v) is 1.19. The number of anilines is 1. The fourth-order valence-electron chi connectivity index (χ4n) is 0.999. The summed E-state index contributed by atoms with van der Waals surface area (Å²) in [5, 5.41) is 1.53. The number of alkyl halides is 4. The van der Waals surface area contributed by atoms with Crippen LogP contribution in [-0.4, -0.2) is 29.8 Å². The van der Waals surface area contributed by atoms with Gasteiger partial charge in [0, 0.05) is 6.20 Å². The van der Waals surface area contributed by atoms with E-state index in [4.69, 9.17) is 17.3 Å². The van der Waals surface area contributed by atoms with Crippen LogP contribution in [0.1, 0.15) is 10.4 Å². The van der Waals surface area contributed by atoms with Crippen LogP contribution in [-0.2, 0) is 0 Å². The number of carbonyl (C=O) groups is 1. The number of nitrogens with zero attached hydrogens (tertiary/aromatic N) is 1. The van der Waals surface area contributed by atoms with Crippen LogP contribution in [0.15, 0.2) is 12.3 Å². The molecule has 0 aliphatic heterocycles. The zero-order chi connectivity index (χ0) is 13.9. The van der Waals surface area contributed by atoms with E-state index in [1.807, 2.05) is 0 Å². The Hall–Kier alpha value is -1.57. The Balaban J connectivity index is 2.75. The molecule has 0 spiro atoms. The predicted octanol–water partition coefficient (Wildman–Crippen LogP) is 1.95. The van der Waals surface area contributed by atoms with Gasteiger partial charge in [-0.3, -0.25) is 4.79 Å². The van der Waals surface area contributed by atoms with Gasteiger partial charge in [-0.1, -0.05) is 11.6 Å². The summed E-state index contributed by atoms with van der Waals surface area (Å²) in [6, 6.07) is 1.05. The van der Waals surface area contributed by atoms with Crippen LogP contribution in [0.25, 0.3) is 0 Å². The summed E-state index contributed by atoms with van der Waals surface area (Å²) in [4.78, 5) is 15.0. The lowest BCUT2D eigenvalue weighted by Crippen LogP contribution is -2.41. The maximum atomic E-state index is 12.6. The maximum Gasteiger partial charge on any atom is 0.324 e. The minimum atomic E-state index is -4.30. The molecule has 1 aromatic rings. The van der Waals surface area contributed by atoms with Crippen molar-refractivity contribution in [2.24, 2.45) is 0 Å². The third-order valence-electron chi connectivity index (χ3n) is 1.93. The normalized spacial score (nSPS) is 11.7. The third-order valence-corrected chi connectivity index (χ3v) is 2.23. The van der Waals surface area contributed by atoms with Crippen LogP contribution < -0.4 is 11.1 Å². The number of amides is 1. The van der Waals surface area contributed by atoms with E-state index in [-0.39, 0.29) is 16.4 Å². The first-order valence-electron chi connectivity index (χ1n) is 4.59. The lowest BCUT2D eigenvalue weighted by Gasteiger charge is -2.16. The van der Waals surface area contributed by atoms with Crippen molar-refractivity contribution >= 4 is 23.3 Å². The van der Waals surface area contributed by atoms with Gasteiger partial charge in [0.2, 0.25) is 0 Å². The van der Waals surface area contributed by atoms with Crippen molar-refractivity contribution in [3.8, 4) is 0 Å². The van der Waals surface area contributed by atoms with Gasteiger partial charge in [-0.25, -0.2) is 13.8 Å². The number of nitrogens with two attached hydrogens (primary N) is 1. The molecule has 0 aliphatic rings. The predicted molar refractivity (Wildman–Crippen MR) is 56.9 cm³/mol. The summed E-state index contributed by atoms with van der Waals surface area (Å²) < 4.78 is 48.8. The highest BCUT2D eigenvalue weighted by atomic mass is 35.5. The molecule has 3 N–H and O–H groups in total. The fraction of sp³-hybridized carbons (Fsp3) is 0.333. The second-order valence-electron chi connectivity index (χ2n) is 3.33. The van der Waals surface area contributed by atoms with Crippen LogP contribution in [0.3, 0.4) is 0 Å². The minimum absolute atomic E-state index is 0.0508. The summed E-state index contributed by atoms with van der Waals surface area (Å²) in [6.07, 6.45) is -2.81. The van der Waals surface area contributed by atoms with Crippen LogP contribution in [0.4, 0.5) is 23.4 Å². The molecule has 0 bridgehead atoms. The number of hydrogen-bond donors (Lipinski definition) is 2. The monoisotopic (exact) mass is 285 g/mol. The van der Waals surface area contributed by atoms with Crippen molar-refractivity contribution in [2.45, 2.75) is 12.3 Å². The first-order chi connectivity index (χ1) is 8.24. The second kappa shape index (κ2) is 5.38. The van der Waals surface area contributed by atoms with Crippen LogP contribution in [0, 0.1) is 0 Å². The van der Waals surface area contributed by atoms with E-state index < -0.39 is 24.8 Å². The number of pyridine rings is 1. The third kappa shape index (κ3) is 3.46. The molecule has 0 saturated heterocycles. The molecular formula is C9H8ClF4N3O. The molecule has 0 unspecified atom stereocenters. The van der Waals surface area contributed by atoms with Crippen molar-refractivity contribution in [1.29, 1.82) is 0 Å². The van der Waals surface area contributed by atoms with Crippen molar-refractivity contribution < 1.29 is 22.4 Å². The Kier molecular flexibility index (Phi) is 4.33. The van der Waals surface area contributed by atoms with Crippen molar-refractivity contribution in [1.82, 2.24) is 10.3 Å². The molecule has 1 rings (SSSR count). The standard InChI is InChI=1S/C9H8ClF4N3O/c10-5-2-16-6(15)1-4(5)7(18)17-3-9(13,14)8(11)12/h1-2,8H,3H2,(H2,15,16)(H,17,18). The Morgan fingerprint density at radius 1 is 1.56 bits per heavy atom. The molecule has 0 aromatic carbocycles. The average Bonchev–Trinajstić information content (AvgIpc) is 2.29.